The second-order valence-electron chi connectivity index (χ2n) is 5.00. The molecule has 1 aliphatic heterocycles. The van der Waals surface area contributed by atoms with Gasteiger partial charge in [-0.1, -0.05) is 0 Å². The van der Waals surface area contributed by atoms with Crippen LogP contribution in [-0.2, 0) is 14.6 Å². The quantitative estimate of drug-likeness (QED) is 0.845. The molecular formula is C12H17N3O4S. The maximum atomic E-state index is 11.6. The van der Waals surface area contributed by atoms with Crippen molar-refractivity contribution in [2.75, 3.05) is 23.0 Å². The van der Waals surface area contributed by atoms with E-state index in [4.69, 9.17) is 5.11 Å². The van der Waals surface area contributed by atoms with Crippen LogP contribution in [0.5, 0.6) is 0 Å². The van der Waals surface area contributed by atoms with Crippen LogP contribution in [0.4, 0.5) is 5.82 Å². The molecule has 1 aliphatic rings. The highest BCUT2D eigenvalue weighted by atomic mass is 32.2. The zero-order chi connectivity index (χ0) is 14.9. The smallest absolute Gasteiger partial charge is 0.323 e. The zero-order valence-electron chi connectivity index (χ0n) is 11.4. The molecule has 2 rings (SSSR count). The third-order valence-electron chi connectivity index (χ3n) is 3.28. The monoisotopic (exact) mass is 299 g/mol. The summed E-state index contributed by atoms with van der Waals surface area (Å²) >= 11 is 0. The third kappa shape index (κ3) is 3.24. The van der Waals surface area contributed by atoms with Crippen LogP contribution >= 0.6 is 0 Å². The molecule has 7 nitrogen and oxygen atoms in total. The lowest BCUT2D eigenvalue weighted by molar-refractivity contribution is -0.135. The number of anilines is 1. The number of rotatable bonds is 4. The minimum absolute atomic E-state index is 0.0324. The van der Waals surface area contributed by atoms with Gasteiger partial charge in [0.1, 0.15) is 6.54 Å². The molecule has 0 spiro atoms. The fraction of sp³-hybridized carbons (Fsp3) is 0.583. The Morgan fingerprint density at radius 1 is 1.50 bits per heavy atom. The van der Waals surface area contributed by atoms with Crippen molar-refractivity contribution in [2.45, 2.75) is 26.3 Å². The molecule has 0 radical (unpaired) electrons. The topological polar surface area (TPSA) is 100 Å². The molecule has 110 valence electrons. The van der Waals surface area contributed by atoms with E-state index in [1.54, 1.807) is 24.9 Å². The largest absolute Gasteiger partial charge is 0.480 e. The molecule has 1 aromatic heterocycles. The Morgan fingerprint density at radius 2 is 2.20 bits per heavy atom. The first-order valence-electron chi connectivity index (χ1n) is 6.27. The van der Waals surface area contributed by atoms with Gasteiger partial charge in [-0.15, -0.1) is 0 Å². The van der Waals surface area contributed by atoms with Gasteiger partial charge < -0.3 is 10.0 Å². The van der Waals surface area contributed by atoms with E-state index < -0.39 is 15.8 Å². The number of aliphatic carboxylic acids is 1. The molecule has 1 fully saturated rings. The van der Waals surface area contributed by atoms with Crippen LogP contribution in [0, 0.1) is 13.8 Å². The Morgan fingerprint density at radius 3 is 2.75 bits per heavy atom. The van der Waals surface area contributed by atoms with Crippen LogP contribution in [0.3, 0.4) is 0 Å². The van der Waals surface area contributed by atoms with Crippen LogP contribution in [-0.4, -0.2) is 53.6 Å². The lowest BCUT2D eigenvalue weighted by atomic mass is 10.2. The van der Waals surface area contributed by atoms with Crippen LogP contribution < -0.4 is 4.90 Å². The van der Waals surface area contributed by atoms with Crippen LogP contribution in [0.1, 0.15) is 17.8 Å². The second kappa shape index (κ2) is 5.35. The molecule has 2 heterocycles. The molecule has 0 amide bonds. The summed E-state index contributed by atoms with van der Waals surface area (Å²) in [4.78, 5) is 21.1. The zero-order valence-corrected chi connectivity index (χ0v) is 12.2. The SMILES string of the molecule is Cc1cnc(C)c(N(CC(=O)O)C2CCS(=O)(=O)C2)n1. The van der Waals surface area contributed by atoms with E-state index in [2.05, 4.69) is 9.97 Å². The summed E-state index contributed by atoms with van der Waals surface area (Å²) in [6.45, 7) is 3.22. The van der Waals surface area contributed by atoms with E-state index >= 15 is 0 Å². The highest BCUT2D eigenvalue weighted by molar-refractivity contribution is 7.91. The van der Waals surface area contributed by atoms with Crippen LogP contribution in [0.2, 0.25) is 0 Å². The van der Waals surface area contributed by atoms with Crippen LogP contribution in [0.15, 0.2) is 6.20 Å². The second-order valence-corrected chi connectivity index (χ2v) is 7.23. The van der Waals surface area contributed by atoms with Gasteiger partial charge >= 0.3 is 5.97 Å². The number of aromatic nitrogens is 2. The molecule has 8 heteroatoms. The van der Waals surface area contributed by atoms with Crippen molar-refractivity contribution in [3.05, 3.63) is 17.6 Å². The van der Waals surface area contributed by atoms with E-state index in [-0.39, 0.29) is 24.1 Å². The first kappa shape index (κ1) is 14.7. The van der Waals surface area contributed by atoms with E-state index in [0.29, 0.717) is 23.6 Å². The standard InChI is InChI=1S/C12H17N3O4S/c1-8-5-13-9(2)12(14-8)15(6-11(16)17)10-3-4-20(18,19)7-10/h5,10H,3-4,6-7H2,1-2H3,(H,16,17). The molecule has 0 aromatic carbocycles. The van der Waals surface area contributed by atoms with Gasteiger partial charge in [-0.2, -0.15) is 0 Å². The molecule has 1 atom stereocenters. The Balaban J connectivity index is 2.37. The molecule has 1 saturated heterocycles. The van der Waals surface area contributed by atoms with Crippen molar-refractivity contribution in [1.29, 1.82) is 0 Å². The summed E-state index contributed by atoms with van der Waals surface area (Å²) in [6, 6.07) is -0.356. The van der Waals surface area contributed by atoms with Crippen molar-refractivity contribution in [1.82, 2.24) is 9.97 Å². The average Bonchev–Trinajstić information content (AvgIpc) is 2.70. The minimum atomic E-state index is -3.09. The summed E-state index contributed by atoms with van der Waals surface area (Å²) in [7, 11) is -3.09. The highest BCUT2D eigenvalue weighted by Gasteiger charge is 2.34. The molecule has 20 heavy (non-hydrogen) atoms. The predicted octanol–water partition coefficient (Wildman–Crippen LogP) is 0.172. The Bertz CT molecular complexity index is 630. The molecule has 0 saturated carbocycles. The van der Waals surface area contributed by atoms with Crippen molar-refractivity contribution in [3.8, 4) is 0 Å². The molecule has 1 unspecified atom stereocenters. The third-order valence-corrected chi connectivity index (χ3v) is 5.03. The van der Waals surface area contributed by atoms with E-state index in [1.807, 2.05) is 0 Å². The Labute approximate surface area is 117 Å². The predicted molar refractivity (Wildman–Crippen MR) is 73.5 cm³/mol. The van der Waals surface area contributed by atoms with Gasteiger partial charge in [0.2, 0.25) is 0 Å². The van der Waals surface area contributed by atoms with E-state index in [9.17, 15) is 13.2 Å². The molecule has 1 aromatic rings. The Kier molecular flexibility index (Phi) is 3.94. The number of carbonyl (C=O) groups is 1. The first-order valence-corrected chi connectivity index (χ1v) is 8.10. The fourth-order valence-electron chi connectivity index (χ4n) is 2.34. The number of carboxylic acid groups (broad SMARTS) is 1. The fourth-order valence-corrected chi connectivity index (χ4v) is 4.07. The molecule has 0 bridgehead atoms. The lowest BCUT2D eigenvalue weighted by Crippen LogP contribution is -2.41. The van der Waals surface area contributed by atoms with Crippen molar-refractivity contribution in [3.63, 3.8) is 0 Å². The first-order chi connectivity index (χ1) is 9.28. The lowest BCUT2D eigenvalue weighted by Gasteiger charge is -2.28. The summed E-state index contributed by atoms with van der Waals surface area (Å²) in [5.74, 6) is -0.506. The van der Waals surface area contributed by atoms with Crippen LogP contribution in [0.25, 0.3) is 0 Å². The average molecular weight is 299 g/mol. The number of hydrogen-bond donors (Lipinski definition) is 1. The Hall–Kier alpha value is -1.70. The number of aryl methyl sites for hydroxylation is 2. The summed E-state index contributed by atoms with van der Waals surface area (Å²) in [5, 5.41) is 9.06. The van der Waals surface area contributed by atoms with Crippen molar-refractivity contribution in [2.24, 2.45) is 0 Å². The summed E-state index contributed by atoms with van der Waals surface area (Å²) in [6.07, 6.45) is 2.02. The van der Waals surface area contributed by atoms with Gasteiger partial charge in [0, 0.05) is 12.2 Å². The van der Waals surface area contributed by atoms with Crippen molar-refractivity contribution < 1.29 is 18.3 Å². The molecule has 1 N–H and O–H groups in total. The number of hydrogen-bond acceptors (Lipinski definition) is 6. The van der Waals surface area contributed by atoms with Gasteiger partial charge in [-0.05, 0) is 20.3 Å². The number of carboxylic acids is 1. The molecular weight excluding hydrogens is 282 g/mol. The van der Waals surface area contributed by atoms with Gasteiger partial charge in [0.05, 0.1) is 22.9 Å². The van der Waals surface area contributed by atoms with E-state index in [0.717, 1.165) is 0 Å². The summed E-state index contributed by atoms with van der Waals surface area (Å²) in [5.41, 5.74) is 1.27. The number of nitrogens with zero attached hydrogens (tertiary/aromatic N) is 3. The molecule has 0 aliphatic carbocycles. The maximum absolute atomic E-state index is 11.6. The van der Waals surface area contributed by atoms with Gasteiger partial charge in [0.25, 0.3) is 0 Å². The summed E-state index contributed by atoms with van der Waals surface area (Å²) < 4.78 is 23.2. The normalized spacial score (nSPS) is 20.8. The van der Waals surface area contributed by atoms with E-state index in [1.165, 1.54) is 0 Å². The number of sulfone groups is 1. The van der Waals surface area contributed by atoms with Gasteiger partial charge in [0.15, 0.2) is 15.7 Å². The van der Waals surface area contributed by atoms with Crippen molar-refractivity contribution >= 4 is 21.6 Å². The van der Waals surface area contributed by atoms with Gasteiger partial charge in [-0.3, -0.25) is 9.78 Å². The highest BCUT2D eigenvalue weighted by Crippen LogP contribution is 2.24. The maximum Gasteiger partial charge on any atom is 0.323 e. The minimum Gasteiger partial charge on any atom is -0.480 e. The van der Waals surface area contributed by atoms with Gasteiger partial charge in [-0.25, -0.2) is 13.4 Å².